The second-order valence-corrected chi connectivity index (χ2v) is 18.5. The largest absolute Gasteiger partial charge is 0.393 e. The fourth-order valence-electron chi connectivity index (χ4n) is 13.1. The molecule has 4 aliphatic heterocycles. The highest BCUT2D eigenvalue weighted by atomic mass is 16.7. The number of aliphatic hydroxyl groups excluding tert-OH is 7. The second kappa shape index (κ2) is 13.3. The fraction of sp³-hybridized carbons (Fsp3) is 1.00. The molecule has 4 saturated heterocycles. The third-order valence-electron chi connectivity index (χ3n) is 15.7. The lowest BCUT2D eigenvalue weighted by Crippen LogP contribution is -2.64. The lowest BCUT2D eigenvalue weighted by Gasteiger charge is -2.63. The first-order chi connectivity index (χ1) is 24.1. The quantitative estimate of drug-likeness (QED) is 0.203. The Hall–Kier alpha value is -0.520. The van der Waals surface area contributed by atoms with Crippen molar-refractivity contribution >= 4 is 0 Å². The second-order valence-electron chi connectivity index (χ2n) is 18.5. The Morgan fingerprint density at radius 3 is 2.18 bits per heavy atom. The fourth-order valence-corrected chi connectivity index (χ4v) is 13.1. The van der Waals surface area contributed by atoms with Gasteiger partial charge in [0.2, 0.25) is 0 Å². The van der Waals surface area contributed by atoms with Crippen molar-refractivity contribution in [3.8, 4) is 0 Å². The third kappa shape index (κ3) is 5.73. The van der Waals surface area contributed by atoms with Crippen molar-refractivity contribution in [2.45, 2.75) is 171 Å². The summed E-state index contributed by atoms with van der Waals surface area (Å²) >= 11 is 0. The van der Waals surface area contributed by atoms with E-state index in [0.29, 0.717) is 37.2 Å². The van der Waals surface area contributed by atoms with Crippen molar-refractivity contribution in [1.29, 1.82) is 0 Å². The monoisotopic (exact) mass is 726 g/mol. The maximum Gasteiger partial charge on any atom is 0.197 e. The average molecular weight is 727 g/mol. The molecule has 8 fully saturated rings. The van der Waals surface area contributed by atoms with Crippen LogP contribution < -0.4 is 0 Å². The molecule has 0 aromatic rings. The van der Waals surface area contributed by atoms with Crippen LogP contribution in [0.15, 0.2) is 0 Å². The zero-order chi connectivity index (χ0) is 36.4. The molecule has 0 amide bonds. The summed E-state index contributed by atoms with van der Waals surface area (Å²) in [7, 11) is 0. The van der Waals surface area contributed by atoms with Crippen molar-refractivity contribution in [2.24, 2.45) is 52.3 Å². The molecular weight excluding hydrogens is 664 g/mol. The Morgan fingerprint density at radius 2 is 1.43 bits per heavy atom. The molecular formula is C38H62O13. The van der Waals surface area contributed by atoms with E-state index in [-0.39, 0.29) is 53.3 Å². The first-order valence-electron chi connectivity index (χ1n) is 19.7. The minimum Gasteiger partial charge on any atom is -0.393 e. The third-order valence-corrected chi connectivity index (χ3v) is 15.7. The van der Waals surface area contributed by atoms with E-state index >= 15 is 0 Å². The standard InChI is InChI=1S/C38H62O13/c1-16-10-27(41)38(47-14-16)17(2)28-26(51-38)13-22-20-12-25(23-11-19(39)6-8-36(23,4)21(20)7-9-37(22,28)5)49-35-32(45)33(29(42)18(3)48-35)50-34-31(44)30(43)24(40)15-46-34/h16-35,39-45H,6-15H2,1-5H3/t16-,17-,18+,19-,20+,21-,22-,23-,24+,25-,26-,27-,28-,29+,30-,31+,32+,33-,34-,35-,36+,37-,38+/m0/s1. The van der Waals surface area contributed by atoms with Gasteiger partial charge in [0, 0.05) is 5.92 Å². The van der Waals surface area contributed by atoms with Gasteiger partial charge in [-0.05, 0) is 105 Å². The van der Waals surface area contributed by atoms with Gasteiger partial charge < -0.3 is 64.2 Å². The smallest absolute Gasteiger partial charge is 0.197 e. The van der Waals surface area contributed by atoms with E-state index in [0.717, 1.165) is 38.5 Å². The molecule has 0 unspecified atom stereocenters. The Kier molecular flexibility index (Phi) is 9.76. The summed E-state index contributed by atoms with van der Waals surface area (Å²) in [6, 6.07) is 0. The van der Waals surface area contributed by atoms with Gasteiger partial charge in [-0.25, -0.2) is 0 Å². The van der Waals surface area contributed by atoms with Crippen LogP contribution in [-0.4, -0.2) is 134 Å². The van der Waals surface area contributed by atoms with E-state index in [1.165, 1.54) is 0 Å². The SMILES string of the molecule is C[C@@H]1CO[C@]2(O[C@H]3C[C@H]4[C@@H]5C[C@H](O[C@@H]6O[C@H](C)[C@@H](O)[C@H](O[C@@H]7OC[C@@H](O)[C@H](O)[C@H]7O)[C@H]6O)[C@@H]6C[C@@H](O)CC[C@]6(C)[C@H]5CC[C@]4(C)[C@H]3[C@@H]2C)[C@@H](O)C1. The van der Waals surface area contributed by atoms with Gasteiger partial charge in [-0.15, -0.1) is 0 Å². The summed E-state index contributed by atoms with van der Waals surface area (Å²) in [6.07, 6.45) is -6.52. The van der Waals surface area contributed by atoms with E-state index in [4.69, 9.17) is 28.4 Å². The maximum atomic E-state index is 11.6. The molecule has 292 valence electrons. The Balaban J connectivity index is 1.04. The molecule has 7 N–H and O–H groups in total. The minimum absolute atomic E-state index is 0.00406. The van der Waals surface area contributed by atoms with E-state index in [9.17, 15) is 35.7 Å². The summed E-state index contributed by atoms with van der Waals surface area (Å²) in [5.74, 6) is 0.780. The molecule has 0 aromatic heterocycles. The molecule has 4 aliphatic carbocycles. The molecule has 0 radical (unpaired) electrons. The van der Waals surface area contributed by atoms with Crippen LogP contribution in [0.4, 0.5) is 0 Å². The molecule has 0 aromatic carbocycles. The van der Waals surface area contributed by atoms with E-state index in [1.807, 2.05) is 0 Å². The summed E-state index contributed by atoms with van der Waals surface area (Å²) in [5.41, 5.74) is -0.115. The van der Waals surface area contributed by atoms with Gasteiger partial charge in [-0.2, -0.15) is 0 Å². The van der Waals surface area contributed by atoms with E-state index < -0.39 is 73.3 Å². The van der Waals surface area contributed by atoms with Crippen LogP contribution in [0.25, 0.3) is 0 Å². The van der Waals surface area contributed by atoms with Gasteiger partial charge in [-0.3, -0.25) is 0 Å². The molecule has 51 heavy (non-hydrogen) atoms. The zero-order valence-electron chi connectivity index (χ0n) is 30.7. The van der Waals surface area contributed by atoms with Crippen LogP contribution in [0.5, 0.6) is 0 Å². The lowest BCUT2D eigenvalue weighted by molar-refractivity contribution is -0.357. The first-order valence-corrected chi connectivity index (χ1v) is 19.7. The molecule has 0 bridgehead atoms. The molecule has 8 rings (SSSR count). The van der Waals surface area contributed by atoms with Gasteiger partial charge in [0.05, 0.1) is 37.6 Å². The number of ether oxygens (including phenoxy) is 6. The van der Waals surface area contributed by atoms with Crippen LogP contribution in [0, 0.1) is 52.3 Å². The number of fused-ring (bicyclic) bond motifs is 7. The molecule has 4 saturated carbocycles. The van der Waals surface area contributed by atoms with E-state index in [2.05, 4.69) is 27.7 Å². The predicted molar refractivity (Wildman–Crippen MR) is 178 cm³/mol. The summed E-state index contributed by atoms with van der Waals surface area (Å²) < 4.78 is 37.6. The van der Waals surface area contributed by atoms with Gasteiger partial charge in [0.25, 0.3) is 0 Å². The van der Waals surface area contributed by atoms with Crippen molar-refractivity contribution in [2.75, 3.05) is 13.2 Å². The number of rotatable bonds is 4. The van der Waals surface area contributed by atoms with Crippen molar-refractivity contribution in [3.05, 3.63) is 0 Å². The highest BCUT2D eigenvalue weighted by Crippen LogP contribution is 2.71. The predicted octanol–water partition coefficient (Wildman–Crippen LogP) is 1.05. The first kappa shape index (κ1) is 37.4. The topological polar surface area (TPSA) is 197 Å². The van der Waals surface area contributed by atoms with Crippen LogP contribution in [-0.2, 0) is 28.4 Å². The number of hydrogen-bond acceptors (Lipinski definition) is 13. The highest BCUT2D eigenvalue weighted by molar-refractivity contribution is 5.17. The molecule has 13 nitrogen and oxygen atoms in total. The van der Waals surface area contributed by atoms with Crippen molar-refractivity contribution in [1.82, 2.24) is 0 Å². The zero-order valence-corrected chi connectivity index (χ0v) is 30.7. The highest BCUT2D eigenvalue weighted by Gasteiger charge is 2.71. The molecule has 1 spiro atoms. The van der Waals surface area contributed by atoms with Crippen molar-refractivity contribution in [3.63, 3.8) is 0 Å². The molecule has 8 aliphatic rings. The van der Waals surface area contributed by atoms with Crippen LogP contribution in [0.1, 0.15) is 86.0 Å². The number of aliphatic hydroxyl groups is 7. The summed E-state index contributed by atoms with van der Waals surface area (Å²) in [6.45, 7) is 11.1. The lowest BCUT2D eigenvalue weighted by atomic mass is 9.43. The van der Waals surface area contributed by atoms with Gasteiger partial charge in [0.15, 0.2) is 18.4 Å². The van der Waals surface area contributed by atoms with Crippen LogP contribution in [0.3, 0.4) is 0 Å². The van der Waals surface area contributed by atoms with Gasteiger partial charge in [0.1, 0.15) is 42.7 Å². The van der Waals surface area contributed by atoms with E-state index in [1.54, 1.807) is 6.92 Å². The Bertz CT molecular complexity index is 1270. The molecule has 13 heteroatoms. The normalized spacial score (nSPS) is 61.4. The molecule has 23 atom stereocenters. The molecule has 4 heterocycles. The summed E-state index contributed by atoms with van der Waals surface area (Å²) in [4.78, 5) is 0. The van der Waals surface area contributed by atoms with Gasteiger partial charge in [-0.1, -0.05) is 27.7 Å². The van der Waals surface area contributed by atoms with Crippen molar-refractivity contribution < 1.29 is 64.2 Å². The maximum absolute atomic E-state index is 11.6. The average Bonchev–Trinajstić information content (AvgIpc) is 3.54. The van der Waals surface area contributed by atoms with Gasteiger partial charge >= 0.3 is 0 Å². The number of hydrogen-bond donors (Lipinski definition) is 7. The van der Waals surface area contributed by atoms with Crippen LogP contribution >= 0.6 is 0 Å². The summed E-state index contributed by atoms with van der Waals surface area (Å²) in [5, 5.41) is 75.6. The van der Waals surface area contributed by atoms with Crippen LogP contribution in [0.2, 0.25) is 0 Å². The Morgan fingerprint density at radius 1 is 0.686 bits per heavy atom. The minimum atomic E-state index is -1.59. The Labute approximate surface area is 300 Å².